The van der Waals surface area contributed by atoms with E-state index < -0.39 is 0 Å². The van der Waals surface area contributed by atoms with E-state index in [-0.39, 0.29) is 6.67 Å². The van der Waals surface area contributed by atoms with Gasteiger partial charge < -0.3 is 0 Å². The fourth-order valence-electron chi connectivity index (χ4n) is 1.13. The predicted molar refractivity (Wildman–Crippen MR) is 48.5 cm³/mol. The van der Waals surface area contributed by atoms with Crippen molar-refractivity contribution in [2.24, 2.45) is 0 Å². The largest absolute Gasteiger partial charge is 0.251 e. The van der Waals surface area contributed by atoms with E-state index in [2.05, 4.69) is 0 Å². The van der Waals surface area contributed by atoms with Gasteiger partial charge in [0.2, 0.25) is 0 Å². The van der Waals surface area contributed by atoms with Gasteiger partial charge in [-0.3, -0.25) is 4.39 Å². The lowest BCUT2D eigenvalue weighted by Gasteiger charge is -1.97. The first-order chi connectivity index (χ1) is 5.91. The van der Waals surface area contributed by atoms with E-state index in [0.717, 1.165) is 38.5 Å². The molecular weight excluding hydrogens is 158 g/mol. The number of rotatable bonds is 8. The van der Waals surface area contributed by atoms with Crippen molar-refractivity contribution in [3.05, 3.63) is 12.4 Å². The highest BCUT2D eigenvalue weighted by atomic mass is 19.1. The van der Waals surface area contributed by atoms with Crippen molar-refractivity contribution in [2.75, 3.05) is 6.67 Å². The topological polar surface area (TPSA) is 0 Å². The van der Waals surface area contributed by atoms with Gasteiger partial charge in [0, 0.05) is 0 Å². The van der Waals surface area contributed by atoms with Gasteiger partial charge in [0.05, 0.1) is 13.0 Å². The van der Waals surface area contributed by atoms with Crippen molar-refractivity contribution in [2.45, 2.75) is 44.9 Å². The molecule has 2 heteroatoms. The van der Waals surface area contributed by atoms with Crippen LogP contribution in [0.4, 0.5) is 8.78 Å². The monoisotopic (exact) mass is 176 g/mol. The highest BCUT2D eigenvalue weighted by Gasteiger charge is 1.89. The van der Waals surface area contributed by atoms with Crippen molar-refractivity contribution in [1.82, 2.24) is 0 Å². The quantitative estimate of drug-likeness (QED) is 0.487. The van der Waals surface area contributed by atoms with Crippen molar-refractivity contribution < 1.29 is 8.78 Å². The average molecular weight is 176 g/mol. The Balaban J connectivity index is 2.81. The van der Waals surface area contributed by atoms with Crippen LogP contribution in [0, 0.1) is 0 Å². The van der Waals surface area contributed by atoms with Crippen LogP contribution in [-0.2, 0) is 0 Å². The van der Waals surface area contributed by atoms with Crippen LogP contribution in [0.5, 0.6) is 0 Å². The van der Waals surface area contributed by atoms with E-state index in [9.17, 15) is 8.78 Å². The second-order valence-electron chi connectivity index (χ2n) is 2.96. The van der Waals surface area contributed by atoms with Crippen LogP contribution >= 0.6 is 0 Å². The Kier molecular flexibility index (Phi) is 10.2. The van der Waals surface area contributed by atoms with Crippen LogP contribution in [0.3, 0.4) is 0 Å². The Labute approximate surface area is 73.7 Å². The molecule has 0 rings (SSSR count). The highest BCUT2D eigenvalue weighted by molar-refractivity contribution is 4.71. The third-order valence-corrected chi connectivity index (χ3v) is 1.84. The molecule has 0 saturated heterocycles. The van der Waals surface area contributed by atoms with E-state index in [1.54, 1.807) is 6.08 Å². The molecule has 0 nitrogen and oxygen atoms in total. The van der Waals surface area contributed by atoms with E-state index >= 15 is 0 Å². The third-order valence-electron chi connectivity index (χ3n) is 1.84. The van der Waals surface area contributed by atoms with Crippen LogP contribution in [0.15, 0.2) is 12.4 Å². The van der Waals surface area contributed by atoms with Crippen LogP contribution in [0.25, 0.3) is 0 Å². The molecule has 0 fully saturated rings. The maximum absolute atomic E-state index is 11.6. The maximum Gasteiger partial charge on any atom is 0.0894 e. The predicted octanol–water partition coefficient (Wildman–Crippen LogP) is 4.17. The molecule has 0 aromatic rings. The summed E-state index contributed by atoms with van der Waals surface area (Å²) in [6, 6.07) is 0. The number of halogens is 2. The number of allylic oxidation sites excluding steroid dienone is 1. The lowest BCUT2D eigenvalue weighted by atomic mass is 10.1. The molecule has 0 aliphatic rings. The molecule has 0 spiro atoms. The summed E-state index contributed by atoms with van der Waals surface area (Å²) in [4.78, 5) is 0. The summed E-state index contributed by atoms with van der Waals surface area (Å²) >= 11 is 0. The summed E-state index contributed by atoms with van der Waals surface area (Å²) < 4.78 is 23.1. The van der Waals surface area contributed by atoms with Gasteiger partial charge in [-0.1, -0.05) is 31.8 Å². The molecule has 0 radical (unpaired) electrons. The number of unbranched alkanes of at least 4 members (excludes halogenated alkanes) is 6. The van der Waals surface area contributed by atoms with Crippen molar-refractivity contribution in [3.63, 3.8) is 0 Å². The van der Waals surface area contributed by atoms with Crippen molar-refractivity contribution >= 4 is 0 Å². The molecule has 0 amide bonds. The fraction of sp³-hybridized carbons (Fsp3) is 0.800. The molecular formula is C10H18F2. The lowest BCUT2D eigenvalue weighted by Crippen LogP contribution is -1.80. The summed E-state index contributed by atoms with van der Waals surface area (Å²) in [6.45, 7) is -0.190. The first kappa shape index (κ1) is 11.6. The molecule has 0 atom stereocenters. The van der Waals surface area contributed by atoms with Crippen LogP contribution < -0.4 is 0 Å². The molecule has 0 aliphatic heterocycles. The van der Waals surface area contributed by atoms with E-state index in [1.165, 1.54) is 0 Å². The Morgan fingerprint density at radius 3 is 2.00 bits per heavy atom. The smallest absolute Gasteiger partial charge is 0.0894 e. The molecule has 0 saturated carbocycles. The van der Waals surface area contributed by atoms with Gasteiger partial charge in [-0.25, -0.2) is 4.39 Å². The van der Waals surface area contributed by atoms with Gasteiger partial charge in [-0.15, -0.1) is 0 Å². The van der Waals surface area contributed by atoms with Crippen LogP contribution in [-0.4, -0.2) is 6.67 Å². The lowest BCUT2D eigenvalue weighted by molar-refractivity contribution is 0.450. The minimum atomic E-state index is -0.190. The zero-order valence-electron chi connectivity index (χ0n) is 7.57. The fourth-order valence-corrected chi connectivity index (χ4v) is 1.13. The molecule has 0 aromatic carbocycles. The zero-order chi connectivity index (χ0) is 9.07. The number of hydrogen-bond donors (Lipinski definition) is 0. The van der Waals surface area contributed by atoms with Gasteiger partial charge in [-0.05, 0) is 19.3 Å². The molecule has 0 bridgehead atoms. The molecule has 12 heavy (non-hydrogen) atoms. The van der Waals surface area contributed by atoms with Crippen molar-refractivity contribution in [1.29, 1.82) is 0 Å². The number of hydrogen-bond acceptors (Lipinski definition) is 0. The number of alkyl halides is 1. The molecule has 0 unspecified atom stereocenters. The first-order valence-electron chi connectivity index (χ1n) is 4.73. The summed E-state index contributed by atoms with van der Waals surface area (Å²) in [6.07, 6.45) is 9.13. The van der Waals surface area contributed by atoms with Crippen LogP contribution in [0.1, 0.15) is 44.9 Å². The molecule has 0 aliphatic carbocycles. The summed E-state index contributed by atoms with van der Waals surface area (Å²) in [5.74, 6) is 0. The average Bonchev–Trinajstić information content (AvgIpc) is 2.10. The molecule has 0 N–H and O–H groups in total. The first-order valence-corrected chi connectivity index (χ1v) is 4.73. The van der Waals surface area contributed by atoms with Gasteiger partial charge in [-0.2, -0.15) is 0 Å². The van der Waals surface area contributed by atoms with Gasteiger partial charge in [0.15, 0.2) is 0 Å². The SMILES string of the molecule is FC=CCCCCCCCCF. The minimum absolute atomic E-state index is 0.190. The Morgan fingerprint density at radius 1 is 0.833 bits per heavy atom. The van der Waals surface area contributed by atoms with Gasteiger partial charge in [0.1, 0.15) is 0 Å². The minimum Gasteiger partial charge on any atom is -0.251 e. The Morgan fingerprint density at radius 2 is 1.42 bits per heavy atom. The van der Waals surface area contributed by atoms with E-state index in [4.69, 9.17) is 0 Å². The summed E-state index contributed by atoms with van der Waals surface area (Å²) in [7, 11) is 0. The second-order valence-corrected chi connectivity index (χ2v) is 2.96. The highest BCUT2D eigenvalue weighted by Crippen LogP contribution is 2.07. The Hall–Kier alpha value is -0.400. The Bertz CT molecular complexity index is 100. The summed E-state index contributed by atoms with van der Waals surface area (Å²) in [5, 5.41) is 0. The molecule has 72 valence electrons. The molecule has 0 heterocycles. The summed E-state index contributed by atoms with van der Waals surface area (Å²) in [5.41, 5.74) is 0. The third kappa shape index (κ3) is 9.60. The van der Waals surface area contributed by atoms with E-state index in [1.807, 2.05) is 0 Å². The van der Waals surface area contributed by atoms with E-state index in [0.29, 0.717) is 12.8 Å². The standard InChI is InChI=1S/C10H18F2/c11-9-7-5-3-1-2-4-6-8-10-12/h7,9H,1-6,8,10H2. The normalized spacial score (nSPS) is 11.2. The van der Waals surface area contributed by atoms with Gasteiger partial charge in [0.25, 0.3) is 0 Å². The molecule has 0 aromatic heterocycles. The zero-order valence-corrected chi connectivity index (χ0v) is 7.57. The van der Waals surface area contributed by atoms with Crippen molar-refractivity contribution in [3.8, 4) is 0 Å². The maximum atomic E-state index is 11.6. The van der Waals surface area contributed by atoms with Crippen LogP contribution in [0.2, 0.25) is 0 Å². The second kappa shape index (κ2) is 10.6. The van der Waals surface area contributed by atoms with Gasteiger partial charge >= 0.3 is 0 Å².